The Bertz CT molecular complexity index is 988. The number of nitrogens with one attached hydrogen (secondary N) is 1. The predicted molar refractivity (Wildman–Crippen MR) is 96.0 cm³/mol. The molecule has 0 radical (unpaired) electrons. The molecule has 6 nitrogen and oxygen atoms in total. The zero-order chi connectivity index (χ0) is 17.6. The number of aromatic amines is 1. The quantitative estimate of drug-likeness (QED) is 0.372. The lowest BCUT2D eigenvalue weighted by molar-refractivity contribution is -0.402. The lowest BCUT2D eigenvalue weighted by Crippen LogP contribution is -2.13. The van der Waals surface area contributed by atoms with Gasteiger partial charge in [0.25, 0.3) is 0 Å². The number of rotatable bonds is 4. The van der Waals surface area contributed by atoms with Crippen molar-refractivity contribution in [3.63, 3.8) is 0 Å². The van der Waals surface area contributed by atoms with Crippen LogP contribution in [0.1, 0.15) is 47.0 Å². The number of furan rings is 1. The lowest BCUT2D eigenvalue weighted by Gasteiger charge is -2.21. The second-order valence-corrected chi connectivity index (χ2v) is 7.23. The third kappa shape index (κ3) is 2.89. The van der Waals surface area contributed by atoms with Gasteiger partial charge in [0.05, 0.1) is 6.07 Å². The van der Waals surface area contributed by atoms with Crippen LogP contribution >= 0.6 is 15.9 Å². The molecule has 128 valence electrons. The summed E-state index contributed by atoms with van der Waals surface area (Å²) in [5.74, 6) is -0.474. The Morgan fingerprint density at radius 3 is 2.96 bits per heavy atom. The summed E-state index contributed by atoms with van der Waals surface area (Å²) in [6.45, 7) is 0. The number of aryl methyl sites for hydroxylation is 1. The summed E-state index contributed by atoms with van der Waals surface area (Å²) in [6.07, 6.45) is 3.20. The molecular weight excluding hydrogens is 388 g/mol. The Morgan fingerprint density at radius 1 is 1.36 bits per heavy atom. The number of nitro groups is 1. The molecule has 2 heterocycles. The van der Waals surface area contributed by atoms with Crippen LogP contribution in [0.4, 0.5) is 5.88 Å². The third-order valence-corrected chi connectivity index (χ3v) is 5.26. The largest absolute Gasteiger partial charge is 0.433 e. The Kier molecular flexibility index (Phi) is 3.95. The highest BCUT2D eigenvalue weighted by Crippen LogP contribution is 2.39. The molecule has 0 saturated heterocycles. The smallest absolute Gasteiger partial charge is 0.397 e. The number of Topliss-reactive ketones (excluding diaryl/α,β-unsaturated/α-hetero) is 1. The average molecular weight is 403 g/mol. The molecule has 0 saturated carbocycles. The van der Waals surface area contributed by atoms with E-state index in [1.807, 2.05) is 12.1 Å². The van der Waals surface area contributed by atoms with Crippen LogP contribution in [0, 0.1) is 10.1 Å². The molecule has 1 aliphatic carbocycles. The normalized spacial score (nSPS) is 16.8. The van der Waals surface area contributed by atoms with Crippen LogP contribution in [0.15, 0.2) is 39.2 Å². The van der Waals surface area contributed by atoms with Crippen LogP contribution in [-0.4, -0.2) is 15.7 Å². The zero-order valence-electron chi connectivity index (χ0n) is 13.3. The summed E-state index contributed by atoms with van der Waals surface area (Å²) in [7, 11) is 0. The number of benzene rings is 1. The van der Waals surface area contributed by atoms with Crippen molar-refractivity contribution in [1.82, 2.24) is 4.98 Å². The van der Waals surface area contributed by atoms with Gasteiger partial charge in [-0.05, 0) is 49.1 Å². The van der Waals surface area contributed by atoms with E-state index >= 15 is 0 Å². The summed E-state index contributed by atoms with van der Waals surface area (Å²) in [5, 5.41) is 11.9. The fourth-order valence-corrected chi connectivity index (χ4v) is 3.99. The van der Waals surface area contributed by atoms with Gasteiger partial charge < -0.3 is 9.40 Å². The molecule has 4 rings (SSSR count). The molecule has 2 aromatic heterocycles. The molecule has 25 heavy (non-hydrogen) atoms. The SMILES string of the molecule is O=C(CC1CCCc2c1[nH]c1ccc(Br)cc21)c1ccc([N+](=O)[O-])o1. The number of hydrogen-bond acceptors (Lipinski definition) is 4. The Balaban J connectivity index is 1.63. The molecule has 1 aromatic carbocycles. The molecule has 1 unspecified atom stereocenters. The lowest BCUT2D eigenvalue weighted by atomic mass is 9.83. The number of H-pyrrole nitrogens is 1. The van der Waals surface area contributed by atoms with Gasteiger partial charge in [-0.3, -0.25) is 14.9 Å². The predicted octanol–water partition coefficient (Wildman–Crippen LogP) is 5.12. The number of carbonyl (C=O) groups excluding carboxylic acids is 1. The van der Waals surface area contributed by atoms with Crippen molar-refractivity contribution in [2.24, 2.45) is 0 Å². The van der Waals surface area contributed by atoms with Crippen LogP contribution in [0.5, 0.6) is 0 Å². The molecular formula is C18H15BrN2O4. The molecule has 3 aromatic rings. The molecule has 0 fully saturated rings. The van der Waals surface area contributed by atoms with Gasteiger partial charge in [-0.15, -0.1) is 0 Å². The van der Waals surface area contributed by atoms with E-state index in [0.717, 1.165) is 34.9 Å². The Labute approximate surface area is 151 Å². The number of hydrogen-bond donors (Lipinski definition) is 1. The monoisotopic (exact) mass is 402 g/mol. The molecule has 0 amide bonds. The van der Waals surface area contributed by atoms with Gasteiger partial charge in [0.1, 0.15) is 4.92 Å². The molecule has 7 heteroatoms. The van der Waals surface area contributed by atoms with E-state index < -0.39 is 10.8 Å². The van der Waals surface area contributed by atoms with E-state index in [1.54, 1.807) is 0 Å². The van der Waals surface area contributed by atoms with Crippen molar-refractivity contribution in [2.45, 2.75) is 31.6 Å². The van der Waals surface area contributed by atoms with Gasteiger partial charge >= 0.3 is 5.88 Å². The van der Waals surface area contributed by atoms with E-state index in [-0.39, 0.29) is 23.9 Å². The molecule has 1 N–H and O–H groups in total. The van der Waals surface area contributed by atoms with Gasteiger partial charge in [0.15, 0.2) is 11.5 Å². The molecule has 1 aliphatic rings. The number of carbonyl (C=O) groups is 1. The van der Waals surface area contributed by atoms with Crippen molar-refractivity contribution in [3.05, 3.63) is 61.9 Å². The van der Waals surface area contributed by atoms with Crippen LogP contribution in [0.2, 0.25) is 0 Å². The first-order valence-corrected chi connectivity index (χ1v) is 8.89. The third-order valence-electron chi connectivity index (χ3n) is 4.77. The number of fused-ring (bicyclic) bond motifs is 3. The van der Waals surface area contributed by atoms with Crippen molar-refractivity contribution < 1.29 is 14.1 Å². The summed E-state index contributed by atoms with van der Waals surface area (Å²) < 4.78 is 6.08. The van der Waals surface area contributed by atoms with Crippen LogP contribution in [-0.2, 0) is 6.42 Å². The van der Waals surface area contributed by atoms with Crippen molar-refractivity contribution in [2.75, 3.05) is 0 Å². The van der Waals surface area contributed by atoms with Gasteiger partial charge in [0.2, 0.25) is 0 Å². The molecule has 0 aliphatic heterocycles. The second kappa shape index (κ2) is 6.15. The van der Waals surface area contributed by atoms with Crippen LogP contribution < -0.4 is 0 Å². The first-order valence-electron chi connectivity index (χ1n) is 8.10. The van der Waals surface area contributed by atoms with E-state index in [1.165, 1.54) is 23.1 Å². The highest BCUT2D eigenvalue weighted by molar-refractivity contribution is 9.10. The first-order chi connectivity index (χ1) is 12.0. The van der Waals surface area contributed by atoms with E-state index in [0.29, 0.717) is 0 Å². The molecule has 0 bridgehead atoms. The van der Waals surface area contributed by atoms with E-state index in [9.17, 15) is 14.9 Å². The maximum absolute atomic E-state index is 12.5. The topological polar surface area (TPSA) is 89.1 Å². The summed E-state index contributed by atoms with van der Waals surface area (Å²) in [4.78, 5) is 26.0. The van der Waals surface area contributed by atoms with Gasteiger partial charge in [-0.1, -0.05) is 15.9 Å². The second-order valence-electron chi connectivity index (χ2n) is 6.32. The number of ketones is 1. The first kappa shape index (κ1) is 16.1. The van der Waals surface area contributed by atoms with E-state index in [2.05, 4.69) is 27.0 Å². The zero-order valence-corrected chi connectivity index (χ0v) is 14.8. The van der Waals surface area contributed by atoms with Crippen molar-refractivity contribution >= 4 is 38.5 Å². The minimum Gasteiger partial charge on any atom is -0.397 e. The fourth-order valence-electron chi connectivity index (χ4n) is 3.63. The van der Waals surface area contributed by atoms with Crippen molar-refractivity contribution in [3.8, 4) is 0 Å². The standard InChI is InChI=1S/C18H15BrN2O4/c19-11-4-5-14-13(9-11)12-3-1-2-10(18(12)20-14)8-15(22)16-6-7-17(25-16)21(23)24/h4-7,9-10,20H,1-3,8H2. The summed E-state index contributed by atoms with van der Waals surface area (Å²) in [6, 6.07) is 8.73. The molecule has 0 spiro atoms. The average Bonchev–Trinajstić information content (AvgIpc) is 3.20. The minimum absolute atomic E-state index is 0.0534. The fraction of sp³-hybridized carbons (Fsp3) is 0.278. The highest BCUT2D eigenvalue weighted by atomic mass is 79.9. The Morgan fingerprint density at radius 2 is 2.20 bits per heavy atom. The summed E-state index contributed by atoms with van der Waals surface area (Å²) >= 11 is 3.51. The Hall–Kier alpha value is -2.41. The van der Waals surface area contributed by atoms with Crippen LogP contribution in [0.3, 0.4) is 0 Å². The maximum Gasteiger partial charge on any atom is 0.433 e. The minimum atomic E-state index is -0.634. The maximum atomic E-state index is 12.5. The number of aromatic nitrogens is 1. The van der Waals surface area contributed by atoms with Crippen molar-refractivity contribution in [1.29, 1.82) is 0 Å². The molecule has 1 atom stereocenters. The number of nitrogens with zero attached hydrogens (tertiary/aromatic N) is 1. The highest BCUT2D eigenvalue weighted by Gasteiger charge is 2.28. The van der Waals surface area contributed by atoms with Crippen LogP contribution in [0.25, 0.3) is 10.9 Å². The van der Waals surface area contributed by atoms with Gasteiger partial charge in [-0.25, -0.2) is 0 Å². The van der Waals surface area contributed by atoms with Gasteiger partial charge in [-0.2, -0.15) is 0 Å². The van der Waals surface area contributed by atoms with Gasteiger partial charge in [0, 0.05) is 33.4 Å². The summed E-state index contributed by atoms with van der Waals surface area (Å²) in [5.41, 5.74) is 3.45. The number of halogens is 1. The van der Waals surface area contributed by atoms with E-state index in [4.69, 9.17) is 4.42 Å².